The second kappa shape index (κ2) is 8.98. The van der Waals surface area contributed by atoms with Crippen LogP contribution in [0.3, 0.4) is 0 Å². The van der Waals surface area contributed by atoms with Gasteiger partial charge in [-0.3, -0.25) is 4.79 Å². The van der Waals surface area contributed by atoms with Crippen molar-refractivity contribution >= 4 is 11.6 Å². The molecule has 4 unspecified atom stereocenters. The first-order chi connectivity index (χ1) is 16.0. The van der Waals surface area contributed by atoms with Crippen molar-refractivity contribution in [2.24, 2.45) is 0 Å². The number of carbonyl (C=O) groups excluding carboxylic acids is 1. The molecule has 3 aromatic rings. The van der Waals surface area contributed by atoms with Crippen LogP contribution in [0.1, 0.15) is 42.5 Å². The van der Waals surface area contributed by atoms with E-state index in [1.807, 2.05) is 66.7 Å². The number of aliphatic hydroxyl groups is 2. The highest BCUT2D eigenvalue weighted by atomic mass is 16.5. The van der Waals surface area contributed by atoms with Crippen LogP contribution in [-0.2, 0) is 9.53 Å². The first-order valence-electron chi connectivity index (χ1n) is 11.3. The van der Waals surface area contributed by atoms with Gasteiger partial charge in [-0.1, -0.05) is 54.6 Å². The summed E-state index contributed by atoms with van der Waals surface area (Å²) in [6.07, 6.45) is 0.235. The highest BCUT2D eigenvalue weighted by Crippen LogP contribution is 2.43. The number of nitrogens with zero attached hydrogens (tertiary/aromatic N) is 1. The van der Waals surface area contributed by atoms with E-state index in [1.54, 1.807) is 11.0 Å². The van der Waals surface area contributed by atoms with Gasteiger partial charge in [-0.2, -0.15) is 0 Å². The Bertz CT molecular complexity index is 1130. The molecule has 2 aliphatic rings. The second-order valence-corrected chi connectivity index (χ2v) is 8.77. The molecule has 2 saturated heterocycles. The molecular formula is C27H27NO5. The summed E-state index contributed by atoms with van der Waals surface area (Å²) in [5.74, 6) is 0.211. The first kappa shape index (κ1) is 21.6. The number of hydrogen-bond donors (Lipinski definition) is 3. The van der Waals surface area contributed by atoms with E-state index in [2.05, 4.69) is 0 Å². The Hall–Kier alpha value is -3.19. The van der Waals surface area contributed by atoms with Crippen LogP contribution in [0, 0.1) is 0 Å². The molecule has 0 aliphatic carbocycles. The molecule has 0 bridgehead atoms. The lowest BCUT2D eigenvalue weighted by atomic mass is 9.90. The molecule has 5 rings (SSSR count). The lowest BCUT2D eigenvalue weighted by Crippen LogP contribution is -2.46. The number of aliphatic hydroxyl groups excluding tert-OH is 2. The van der Waals surface area contributed by atoms with Crippen molar-refractivity contribution in [1.29, 1.82) is 0 Å². The maximum Gasteiger partial charge on any atom is 0.230 e. The number of β-lactam (4-membered cyclic amide) rings is 1. The Morgan fingerprint density at radius 2 is 1.67 bits per heavy atom. The molecule has 4 atom stereocenters. The van der Waals surface area contributed by atoms with Crippen molar-refractivity contribution in [2.45, 2.75) is 43.6 Å². The zero-order chi connectivity index (χ0) is 22.9. The van der Waals surface area contributed by atoms with Crippen LogP contribution in [0.25, 0.3) is 11.1 Å². The maximum atomic E-state index is 12.2. The van der Waals surface area contributed by atoms with Gasteiger partial charge < -0.3 is 25.0 Å². The number of hydrogen-bond acceptors (Lipinski definition) is 5. The van der Waals surface area contributed by atoms with Crippen molar-refractivity contribution in [3.8, 4) is 16.9 Å². The predicted molar refractivity (Wildman–Crippen MR) is 125 cm³/mol. The molecular weight excluding hydrogens is 418 g/mol. The van der Waals surface area contributed by atoms with Crippen LogP contribution in [-0.4, -0.2) is 40.0 Å². The van der Waals surface area contributed by atoms with Crippen molar-refractivity contribution < 1.29 is 24.9 Å². The number of rotatable bonds is 5. The van der Waals surface area contributed by atoms with E-state index in [0.717, 1.165) is 27.9 Å². The molecule has 33 heavy (non-hydrogen) atoms. The SMILES string of the molecule is O=C1CC(c2ccc(-c3ccc(C4CC(O)CC(CO)O4)cc3)cc2O)N1c1ccccc1. The minimum atomic E-state index is -0.487. The van der Waals surface area contributed by atoms with Gasteiger partial charge in [0.25, 0.3) is 0 Å². The summed E-state index contributed by atoms with van der Waals surface area (Å²) in [5.41, 5.74) is 4.33. The maximum absolute atomic E-state index is 12.2. The van der Waals surface area contributed by atoms with Gasteiger partial charge in [0.2, 0.25) is 5.91 Å². The van der Waals surface area contributed by atoms with Crippen LogP contribution in [0.15, 0.2) is 72.8 Å². The summed E-state index contributed by atoms with van der Waals surface area (Å²) in [7, 11) is 0. The number of benzene rings is 3. The van der Waals surface area contributed by atoms with Gasteiger partial charge in [0, 0.05) is 24.1 Å². The molecule has 3 N–H and O–H groups in total. The van der Waals surface area contributed by atoms with Gasteiger partial charge in [-0.15, -0.1) is 0 Å². The third-order valence-corrected chi connectivity index (χ3v) is 6.57. The van der Waals surface area contributed by atoms with Crippen LogP contribution in [0.4, 0.5) is 5.69 Å². The van der Waals surface area contributed by atoms with E-state index in [1.165, 1.54) is 0 Å². The second-order valence-electron chi connectivity index (χ2n) is 8.77. The summed E-state index contributed by atoms with van der Waals surface area (Å²) < 4.78 is 5.89. The van der Waals surface area contributed by atoms with E-state index < -0.39 is 6.10 Å². The van der Waals surface area contributed by atoms with Crippen LogP contribution >= 0.6 is 0 Å². The molecule has 1 amide bonds. The minimum absolute atomic E-state index is 0.0451. The molecule has 0 aromatic heterocycles. The Balaban J connectivity index is 1.34. The van der Waals surface area contributed by atoms with Gasteiger partial charge in [0.1, 0.15) is 5.75 Å². The molecule has 2 aliphatic heterocycles. The molecule has 3 aromatic carbocycles. The summed E-state index contributed by atoms with van der Waals surface area (Å²) in [6, 6.07) is 22.7. The molecule has 0 spiro atoms. The van der Waals surface area contributed by atoms with Gasteiger partial charge in [-0.25, -0.2) is 0 Å². The number of aromatic hydroxyl groups is 1. The predicted octanol–water partition coefficient (Wildman–Crippen LogP) is 4.11. The molecule has 0 radical (unpaired) electrons. The summed E-state index contributed by atoms with van der Waals surface area (Å²) in [6.45, 7) is -0.106. The van der Waals surface area contributed by atoms with E-state index in [-0.39, 0.29) is 36.5 Å². The normalized spacial score (nSPS) is 25.0. The van der Waals surface area contributed by atoms with Gasteiger partial charge in [-0.05, 0) is 34.9 Å². The average Bonchev–Trinajstić information content (AvgIpc) is 2.83. The van der Waals surface area contributed by atoms with E-state index >= 15 is 0 Å². The number of phenols is 1. The molecule has 6 nitrogen and oxygen atoms in total. The molecule has 6 heteroatoms. The van der Waals surface area contributed by atoms with Crippen LogP contribution in [0.2, 0.25) is 0 Å². The van der Waals surface area contributed by atoms with Crippen LogP contribution in [0.5, 0.6) is 5.75 Å². The van der Waals surface area contributed by atoms with Crippen molar-refractivity contribution in [3.05, 3.63) is 83.9 Å². The third-order valence-electron chi connectivity index (χ3n) is 6.57. The fraction of sp³-hybridized carbons (Fsp3) is 0.296. The number of para-hydroxylation sites is 1. The molecule has 170 valence electrons. The summed E-state index contributed by atoms with van der Waals surface area (Å²) >= 11 is 0. The van der Waals surface area contributed by atoms with E-state index in [4.69, 9.17) is 4.74 Å². The van der Waals surface area contributed by atoms with Gasteiger partial charge in [0.15, 0.2) is 0 Å². The summed E-state index contributed by atoms with van der Waals surface area (Å²) in [5, 5.41) is 30.2. The Morgan fingerprint density at radius 1 is 0.939 bits per heavy atom. The minimum Gasteiger partial charge on any atom is -0.508 e. The molecule has 2 fully saturated rings. The number of phenolic OH excluding ortho intramolecular Hbond substituents is 1. The zero-order valence-electron chi connectivity index (χ0n) is 18.2. The van der Waals surface area contributed by atoms with Crippen molar-refractivity contribution in [3.63, 3.8) is 0 Å². The lowest BCUT2D eigenvalue weighted by Gasteiger charge is -2.41. The number of carbonyl (C=O) groups is 1. The highest BCUT2D eigenvalue weighted by molar-refractivity contribution is 6.01. The monoisotopic (exact) mass is 445 g/mol. The van der Waals surface area contributed by atoms with E-state index in [9.17, 15) is 20.1 Å². The fourth-order valence-corrected chi connectivity index (χ4v) is 4.80. The molecule has 0 saturated carbocycles. The fourth-order valence-electron chi connectivity index (χ4n) is 4.80. The Kier molecular flexibility index (Phi) is 5.89. The number of anilines is 1. The number of amides is 1. The third kappa shape index (κ3) is 4.25. The highest BCUT2D eigenvalue weighted by Gasteiger charge is 2.39. The Labute approximate surface area is 192 Å². The van der Waals surface area contributed by atoms with Crippen molar-refractivity contribution in [2.75, 3.05) is 11.5 Å². The topological polar surface area (TPSA) is 90.2 Å². The van der Waals surface area contributed by atoms with Gasteiger partial charge >= 0.3 is 0 Å². The first-order valence-corrected chi connectivity index (χ1v) is 11.3. The standard InChI is InChI=1S/C27H27NO5/c29-16-22-13-21(30)14-26(33-22)18-8-6-17(7-9-18)19-10-11-23(25(31)12-19)24-15-27(32)28(24)20-4-2-1-3-5-20/h1-12,21-22,24,26,29-31H,13-16H2. The average molecular weight is 446 g/mol. The smallest absolute Gasteiger partial charge is 0.230 e. The summed E-state index contributed by atoms with van der Waals surface area (Å²) in [4.78, 5) is 14.0. The zero-order valence-corrected chi connectivity index (χ0v) is 18.2. The Morgan fingerprint density at radius 3 is 2.33 bits per heavy atom. The van der Waals surface area contributed by atoms with Gasteiger partial charge in [0.05, 0.1) is 37.4 Å². The lowest BCUT2D eigenvalue weighted by molar-refractivity contribution is -0.124. The van der Waals surface area contributed by atoms with Crippen molar-refractivity contribution in [1.82, 2.24) is 0 Å². The largest absolute Gasteiger partial charge is 0.508 e. The quantitative estimate of drug-likeness (QED) is 0.514. The van der Waals surface area contributed by atoms with E-state index in [0.29, 0.717) is 19.3 Å². The molecule has 2 heterocycles. The van der Waals surface area contributed by atoms with Crippen LogP contribution < -0.4 is 4.90 Å². The number of ether oxygens (including phenoxy) is 1.